The van der Waals surface area contributed by atoms with Gasteiger partial charge >= 0.3 is 6.03 Å². The van der Waals surface area contributed by atoms with Crippen LogP contribution in [0, 0.1) is 12.7 Å². The van der Waals surface area contributed by atoms with E-state index in [4.69, 9.17) is 4.52 Å². The normalized spacial score (nSPS) is 17.3. The number of carbonyl (C=O) groups is 2. The summed E-state index contributed by atoms with van der Waals surface area (Å²) in [6.45, 7) is 5.65. The molecule has 2 aromatic rings. The fraction of sp³-hybridized carbons (Fsp3) is 0.278. The zero-order chi connectivity index (χ0) is 18.8. The molecule has 3 amide bonds. The Bertz CT molecular complexity index is 873. The molecule has 8 heteroatoms. The summed E-state index contributed by atoms with van der Waals surface area (Å²) in [7, 11) is 0. The summed E-state index contributed by atoms with van der Waals surface area (Å²) >= 11 is 0. The average molecular weight is 358 g/mol. The number of halogens is 1. The van der Waals surface area contributed by atoms with Gasteiger partial charge in [-0.3, -0.25) is 9.69 Å². The molecule has 1 aromatic carbocycles. The number of hydrogen-bond donors (Lipinski definition) is 2. The smallest absolute Gasteiger partial charge is 0.322 e. The first-order chi connectivity index (χ1) is 12.4. The van der Waals surface area contributed by atoms with Crippen LogP contribution in [0.2, 0.25) is 0 Å². The minimum absolute atomic E-state index is 0.283. The molecule has 0 unspecified atom stereocenters. The number of carbonyl (C=O) groups excluding carboxylic acids is 2. The summed E-state index contributed by atoms with van der Waals surface area (Å²) in [6.07, 6.45) is 0. The van der Waals surface area contributed by atoms with Crippen LogP contribution in [0.4, 0.5) is 15.0 Å². The van der Waals surface area contributed by atoms with Gasteiger partial charge in [-0.25, -0.2) is 9.18 Å². The molecule has 1 atom stereocenters. The second-order valence-corrected chi connectivity index (χ2v) is 5.95. The number of amides is 3. The second kappa shape index (κ2) is 6.99. The molecule has 1 aromatic heterocycles. The summed E-state index contributed by atoms with van der Waals surface area (Å²) in [4.78, 5) is 26.7. The Morgan fingerprint density at radius 2 is 2.04 bits per heavy atom. The second-order valence-electron chi connectivity index (χ2n) is 5.95. The highest BCUT2D eigenvalue weighted by atomic mass is 19.1. The summed E-state index contributed by atoms with van der Waals surface area (Å²) in [6, 6.07) is 6.26. The molecule has 2 heterocycles. The van der Waals surface area contributed by atoms with Gasteiger partial charge in [-0.2, -0.15) is 0 Å². The van der Waals surface area contributed by atoms with Crippen LogP contribution in [0.25, 0.3) is 0 Å². The quantitative estimate of drug-likeness (QED) is 0.879. The molecular weight excluding hydrogens is 339 g/mol. The van der Waals surface area contributed by atoms with Crippen molar-refractivity contribution in [2.45, 2.75) is 26.8 Å². The topological polar surface area (TPSA) is 87.5 Å². The van der Waals surface area contributed by atoms with E-state index >= 15 is 0 Å². The van der Waals surface area contributed by atoms with Crippen LogP contribution in [-0.2, 0) is 4.79 Å². The first-order valence-electron chi connectivity index (χ1n) is 8.19. The van der Waals surface area contributed by atoms with Crippen molar-refractivity contribution < 1.29 is 18.5 Å². The van der Waals surface area contributed by atoms with Crippen molar-refractivity contribution in [3.8, 4) is 0 Å². The summed E-state index contributed by atoms with van der Waals surface area (Å²) in [5, 5.41) is 9.25. The molecule has 0 spiro atoms. The van der Waals surface area contributed by atoms with Crippen molar-refractivity contribution in [2.75, 3.05) is 11.9 Å². The predicted molar refractivity (Wildman–Crippen MR) is 92.6 cm³/mol. The van der Waals surface area contributed by atoms with Crippen molar-refractivity contribution in [3.63, 3.8) is 0 Å². The zero-order valence-electron chi connectivity index (χ0n) is 14.7. The van der Waals surface area contributed by atoms with Crippen molar-refractivity contribution in [3.05, 3.63) is 58.7 Å². The van der Waals surface area contributed by atoms with Gasteiger partial charge in [0.25, 0.3) is 5.91 Å². The molecule has 0 saturated carbocycles. The number of rotatable bonds is 4. The molecule has 1 aliphatic heterocycles. The van der Waals surface area contributed by atoms with Crippen LogP contribution in [0.1, 0.15) is 31.2 Å². The van der Waals surface area contributed by atoms with Gasteiger partial charge < -0.3 is 15.2 Å². The number of aromatic nitrogens is 1. The standard InChI is InChI=1S/C18H19FN4O3/c1-4-23-11(3)15(17(24)20-14-9-10(2)26-22-14)16(21-18(23)25)12-5-7-13(19)8-6-12/h5-9,16H,4H2,1-3H3,(H,21,25)(H,20,22,24)/t16-/m0/s1. The number of anilines is 1. The van der Waals surface area contributed by atoms with Gasteiger partial charge in [0.2, 0.25) is 0 Å². The summed E-state index contributed by atoms with van der Waals surface area (Å²) in [5.41, 5.74) is 1.50. The monoisotopic (exact) mass is 358 g/mol. The van der Waals surface area contributed by atoms with Gasteiger partial charge in [0.15, 0.2) is 5.82 Å². The van der Waals surface area contributed by atoms with E-state index in [0.717, 1.165) is 0 Å². The van der Waals surface area contributed by atoms with Gasteiger partial charge in [0.1, 0.15) is 11.6 Å². The van der Waals surface area contributed by atoms with E-state index in [9.17, 15) is 14.0 Å². The van der Waals surface area contributed by atoms with E-state index in [-0.39, 0.29) is 11.8 Å². The lowest BCUT2D eigenvalue weighted by atomic mass is 9.94. The van der Waals surface area contributed by atoms with E-state index in [2.05, 4.69) is 15.8 Å². The van der Waals surface area contributed by atoms with Crippen molar-refractivity contribution in [1.82, 2.24) is 15.4 Å². The van der Waals surface area contributed by atoms with Crippen LogP contribution in [0.5, 0.6) is 0 Å². The third-order valence-electron chi connectivity index (χ3n) is 4.23. The molecule has 136 valence electrons. The maximum absolute atomic E-state index is 13.3. The van der Waals surface area contributed by atoms with E-state index in [1.54, 1.807) is 32.0 Å². The third kappa shape index (κ3) is 3.30. The average Bonchev–Trinajstić information content (AvgIpc) is 3.00. The van der Waals surface area contributed by atoms with Crippen LogP contribution in [0.3, 0.4) is 0 Å². The van der Waals surface area contributed by atoms with E-state index in [0.29, 0.717) is 29.1 Å². The van der Waals surface area contributed by atoms with Crippen molar-refractivity contribution in [2.24, 2.45) is 0 Å². The molecule has 1 aliphatic rings. The van der Waals surface area contributed by atoms with Crippen LogP contribution in [-0.4, -0.2) is 28.5 Å². The largest absolute Gasteiger partial charge is 0.360 e. The minimum atomic E-state index is -0.695. The SMILES string of the molecule is CCN1C(=O)N[C@@H](c2ccc(F)cc2)C(C(=O)Nc2cc(C)on2)=C1C. The van der Waals surface area contributed by atoms with E-state index in [1.165, 1.54) is 17.0 Å². The molecule has 26 heavy (non-hydrogen) atoms. The Hall–Kier alpha value is -3.16. The summed E-state index contributed by atoms with van der Waals surface area (Å²) < 4.78 is 18.2. The Kier molecular flexibility index (Phi) is 4.75. The molecule has 0 fully saturated rings. The molecule has 0 bridgehead atoms. The van der Waals surface area contributed by atoms with Gasteiger partial charge in [-0.05, 0) is 38.5 Å². The molecule has 0 saturated heterocycles. The van der Waals surface area contributed by atoms with Crippen LogP contribution < -0.4 is 10.6 Å². The summed E-state index contributed by atoms with van der Waals surface area (Å²) in [5.74, 6) is 0.0400. The van der Waals surface area contributed by atoms with Gasteiger partial charge in [-0.15, -0.1) is 0 Å². The van der Waals surface area contributed by atoms with Gasteiger partial charge in [-0.1, -0.05) is 17.3 Å². The van der Waals surface area contributed by atoms with E-state index in [1.807, 2.05) is 6.92 Å². The molecule has 0 aliphatic carbocycles. The van der Waals surface area contributed by atoms with Crippen molar-refractivity contribution in [1.29, 1.82) is 0 Å². The first kappa shape index (κ1) is 17.7. The number of urea groups is 1. The van der Waals surface area contributed by atoms with Crippen molar-refractivity contribution >= 4 is 17.8 Å². The Labute approximate surface area is 149 Å². The first-order valence-corrected chi connectivity index (χ1v) is 8.19. The van der Waals surface area contributed by atoms with Crippen LogP contribution >= 0.6 is 0 Å². The fourth-order valence-corrected chi connectivity index (χ4v) is 2.97. The van der Waals surface area contributed by atoms with Gasteiger partial charge in [0, 0.05) is 18.3 Å². The predicted octanol–water partition coefficient (Wildman–Crippen LogP) is 3.12. The fourth-order valence-electron chi connectivity index (χ4n) is 2.97. The Morgan fingerprint density at radius 1 is 1.35 bits per heavy atom. The maximum Gasteiger partial charge on any atom is 0.322 e. The zero-order valence-corrected chi connectivity index (χ0v) is 14.7. The molecule has 0 radical (unpaired) electrons. The number of aryl methyl sites for hydroxylation is 1. The number of benzene rings is 1. The number of allylic oxidation sites excluding steroid dienone is 1. The molecule has 2 N–H and O–H groups in total. The highest BCUT2D eigenvalue weighted by molar-refractivity contribution is 6.06. The maximum atomic E-state index is 13.3. The highest BCUT2D eigenvalue weighted by Gasteiger charge is 2.35. The lowest BCUT2D eigenvalue weighted by Gasteiger charge is -2.35. The Morgan fingerprint density at radius 3 is 2.62 bits per heavy atom. The van der Waals surface area contributed by atoms with E-state index < -0.39 is 17.8 Å². The lowest BCUT2D eigenvalue weighted by molar-refractivity contribution is -0.113. The number of nitrogens with zero attached hydrogens (tertiary/aromatic N) is 2. The highest BCUT2D eigenvalue weighted by Crippen LogP contribution is 2.31. The molecule has 3 rings (SSSR count). The lowest BCUT2D eigenvalue weighted by Crippen LogP contribution is -2.48. The third-order valence-corrected chi connectivity index (χ3v) is 4.23. The van der Waals surface area contributed by atoms with Gasteiger partial charge in [0.05, 0.1) is 11.6 Å². The van der Waals surface area contributed by atoms with Crippen LogP contribution in [0.15, 0.2) is 46.1 Å². The number of nitrogens with one attached hydrogen (secondary N) is 2. The molecular formula is C18H19FN4O3. The minimum Gasteiger partial charge on any atom is -0.360 e. The number of hydrogen-bond acceptors (Lipinski definition) is 4. The molecule has 7 nitrogen and oxygen atoms in total. The Balaban J connectivity index is 2.01.